The summed E-state index contributed by atoms with van der Waals surface area (Å²) < 4.78 is 6.93. The van der Waals surface area contributed by atoms with Crippen LogP contribution in [0.15, 0.2) is 42.6 Å². The van der Waals surface area contributed by atoms with E-state index in [-0.39, 0.29) is 17.5 Å². The minimum atomic E-state index is -1.55. The Morgan fingerprint density at radius 2 is 2.00 bits per heavy atom. The Kier molecular flexibility index (Phi) is 5.71. The van der Waals surface area contributed by atoms with Crippen molar-refractivity contribution in [2.75, 3.05) is 12.4 Å². The standard InChI is InChI=1S/C20H20BN7O4/c1-11-15(28-8-4-7-14(16(22)29)18(28)24-11)17-25-19(27-20(26-17)32-2)23-10-12-5-3-6-13(9-12)21(30)31/h3-9,30-31H,10H2,1-2H3,(H2,22,29)(H,23,25,26,27). The Hall–Kier alpha value is -4.03. The summed E-state index contributed by atoms with van der Waals surface area (Å²) in [5.41, 5.74) is 8.51. The molecule has 1 amide bonds. The number of nitrogens with two attached hydrogens (primary N) is 1. The summed E-state index contributed by atoms with van der Waals surface area (Å²) in [5, 5.41) is 21.8. The van der Waals surface area contributed by atoms with Crippen molar-refractivity contribution in [1.82, 2.24) is 24.3 Å². The summed E-state index contributed by atoms with van der Waals surface area (Å²) in [6, 6.07) is 10.2. The molecule has 0 spiro atoms. The number of nitrogens with one attached hydrogen (secondary N) is 1. The quantitative estimate of drug-likeness (QED) is 0.292. The summed E-state index contributed by atoms with van der Waals surface area (Å²) in [4.78, 5) is 29.3. The maximum atomic E-state index is 11.8. The summed E-state index contributed by atoms with van der Waals surface area (Å²) in [7, 11) is -0.108. The lowest BCUT2D eigenvalue weighted by Crippen LogP contribution is -2.30. The number of aryl methyl sites for hydroxylation is 1. The summed E-state index contributed by atoms with van der Waals surface area (Å²) >= 11 is 0. The number of carbonyl (C=O) groups is 1. The molecule has 3 aromatic heterocycles. The van der Waals surface area contributed by atoms with Crippen LogP contribution >= 0.6 is 0 Å². The molecule has 0 aliphatic carbocycles. The van der Waals surface area contributed by atoms with E-state index in [1.807, 2.05) is 6.07 Å². The van der Waals surface area contributed by atoms with Gasteiger partial charge in [0, 0.05) is 12.7 Å². The number of amides is 1. The van der Waals surface area contributed by atoms with Crippen LogP contribution < -0.4 is 21.3 Å². The van der Waals surface area contributed by atoms with Crippen LogP contribution in [0.5, 0.6) is 6.01 Å². The van der Waals surface area contributed by atoms with Crippen LogP contribution in [-0.2, 0) is 6.54 Å². The number of anilines is 1. The highest BCUT2D eigenvalue weighted by Crippen LogP contribution is 2.25. The number of ether oxygens (including phenoxy) is 1. The van der Waals surface area contributed by atoms with E-state index >= 15 is 0 Å². The van der Waals surface area contributed by atoms with Gasteiger partial charge in [-0.3, -0.25) is 9.20 Å². The van der Waals surface area contributed by atoms with E-state index in [0.29, 0.717) is 34.9 Å². The number of hydrogen-bond acceptors (Lipinski definition) is 9. The predicted octanol–water partition coefficient (Wildman–Crippen LogP) is -0.106. The van der Waals surface area contributed by atoms with Crippen LogP contribution in [0.2, 0.25) is 0 Å². The fourth-order valence-electron chi connectivity index (χ4n) is 3.32. The highest BCUT2D eigenvalue weighted by molar-refractivity contribution is 6.58. The minimum Gasteiger partial charge on any atom is -0.467 e. The molecule has 0 aliphatic rings. The van der Waals surface area contributed by atoms with Crippen LogP contribution in [0.3, 0.4) is 0 Å². The smallest absolute Gasteiger partial charge is 0.467 e. The number of pyridine rings is 1. The van der Waals surface area contributed by atoms with E-state index in [9.17, 15) is 14.8 Å². The first-order chi connectivity index (χ1) is 15.4. The van der Waals surface area contributed by atoms with Gasteiger partial charge < -0.3 is 25.8 Å². The molecule has 11 nitrogen and oxygen atoms in total. The van der Waals surface area contributed by atoms with Crippen LogP contribution in [0.25, 0.3) is 17.2 Å². The molecule has 12 heteroatoms. The molecule has 0 saturated heterocycles. The number of carbonyl (C=O) groups excluding carboxylic acids is 1. The van der Waals surface area contributed by atoms with Crippen molar-refractivity contribution in [3.63, 3.8) is 0 Å². The Balaban J connectivity index is 1.72. The normalized spacial score (nSPS) is 10.9. The number of rotatable bonds is 7. The minimum absolute atomic E-state index is 0.0948. The van der Waals surface area contributed by atoms with Crippen LogP contribution in [0.1, 0.15) is 21.6 Å². The van der Waals surface area contributed by atoms with Gasteiger partial charge in [-0.25, -0.2) is 4.98 Å². The third-order valence-electron chi connectivity index (χ3n) is 4.80. The van der Waals surface area contributed by atoms with E-state index < -0.39 is 13.0 Å². The van der Waals surface area contributed by atoms with Crippen molar-refractivity contribution in [1.29, 1.82) is 0 Å². The Labute approximate surface area is 183 Å². The van der Waals surface area contributed by atoms with Gasteiger partial charge in [0.05, 0.1) is 18.4 Å². The number of imidazole rings is 1. The van der Waals surface area contributed by atoms with Gasteiger partial charge in [-0.15, -0.1) is 0 Å². The van der Waals surface area contributed by atoms with Gasteiger partial charge in [-0.05, 0) is 30.1 Å². The van der Waals surface area contributed by atoms with Gasteiger partial charge in [0.1, 0.15) is 11.3 Å². The molecule has 4 rings (SSSR count). The molecule has 0 bridgehead atoms. The molecule has 162 valence electrons. The number of aromatic nitrogens is 5. The van der Waals surface area contributed by atoms with Crippen molar-refractivity contribution in [3.05, 3.63) is 59.4 Å². The van der Waals surface area contributed by atoms with Crippen molar-refractivity contribution >= 4 is 30.1 Å². The fourth-order valence-corrected chi connectivity index (χ4v) is 3.32. The third kappa shape index (κ3) is 4.09. The zero-order chi connectivity index (χ0) is 22.8. The van der Waals surface area contributed by atoms with Crippen LogP contribution in [0.4, 0.5) is 5.95 Å². The summed E-state index contributed by atoms with van der Waals surface area (Å²) in [6.07, 6.45) is 1.74. The lowest BCUT2D eigenvalue weighted by Gasteiger charge is -2.10. The monoisotopic (exact) mass is 433 g/mol. The molecule has 0 atom stereocenters. The molecule has 4 aromatic rings. The van der Waals surface area contributed by atoms with Crippen molar-refractivity contribution in [2.24, 2.45) is 5.73 Å². The molecule has 0 aliphatic heterocycles. The molecule has 32 heavy (non-hydrogen) atoms. The highest BCUT2D eigenvalue weighted by atomic mass is 16.5. The van der Waals surface area contributed by atoms with Gasteiger partial charge in [0.2, 0.25) is 5.95 Å². The SMILES string of the molecule is COc1nc(NCc2cccc(B(O)O)c2)nc(-c2c(C)nc3c(C(N)=O)cccn23)n1. The lowest BCUT2D eigenvalue weighted by molar-refractivity contribution is 0.100. The van der Waals surface area contributed by atoms with Crippen molar-refractivity contribution < 1.29 is 19.6 Å². The summed E-state index contributed by atoms with van der Waals surface area (Å²) in [5.74, 6) is -0.0364. The van der Waals surface area contributed by atoms with Crippen molar-refractivity contribution in [3.8, 4) is 17.5 Å². The van der Waals surface area contributed by atoms with E-state index in [1.165, 1.54) is 7.11 Å². The molecule has 0 fully saturated rings. The molecular formula is C20H20BN7O4. The summed E-state index contributed by atoms with van der Waals surface area (Å²) in [6.45, 7) is 2.10. The molecule has 0 saturated carbocycles. The average molecular weight is 433 g/mol. The number of methoxy groups -OCH3 is 1. The van der Waals surface area contributed by atoms with Crippen LogP contribution in [-0.4, -0.2) is 54.5 Å². The lowest BCUT2D eigenvalue weighted by atomic mass is 9.80. The second-order valence-corrected chi connectivity index (χ2v) is 6.97. The molecule has 0 radical (unpaired) electrons. The molecule has 5 N–H and O–H groups in total. The number of benzene rings is 1. The van der Waals surface area contributed by atoms with Gasteiger partial charge in [0.15, 0.2) is 5.82 Å². The van der Waals surface area contributed by atoms with Gasteiger partial charge in [-0.2, -0.15) is 15.0 Å². The van der Waals surface area contributed by atoms with Gasteiger partial charge >= 0.3 is 13.1 Å². The Morgan fingerprint density at radius 1 is 1.19 bits per heavy atom. The molecular weight excluding hydrogens is 413 g/mol. The largest absolute Gasteiger partial charge is 0.488 e. The maximum Gasteiger partial charge on any atom is 0.488 e. The zero-order valence-electron chi connectivity index (χ0n) is 17.4. The molecule has 3 heterocycles. The second-order valence-electron chi connectivity index (χ2n) is 6.97. The number of hydrogen-bond donors (Lipinski definition) is 4. The van der Waals surface area contributed by atoms with Crippen molar-refractivity contribution in [2.45, 2.75) is 13.5 Å². The average Bonchev–Trinajstić information content (AvgIpc) is 3.13. The third-order valence-corrected chi connectivity index (χ3v) is 4.80. The molecule has 1 aromatic carbocycles. The predicted molar refractivity (Wildman–Crippen MR) is 117 cm³/mol. The van der Waals surface area contributed by atoms with Crippen LogP contribution in [0, 0.1) is 6.92 Å². The van der Waals surface area contributed by atoms with E-state index in [1.54, 1.807) is 47.9 Å². The number of nitrogens with zero attached hydrogens (tertiary/aromatic N) is 5. The zero-order valence-corrected chi connectivity index (χ0v) is 17.4. The number of fused-ring (bicyclic) bond motifs is 1. The Bertz CT molecular complexity index is 1310. The topological polar surface area (TPSA) is 161 Å². The van der Waals surface area contributed by atoms with E-state index in [4.69, 9.17) is 10.5 Å². The first kappa shape index (κ1) is 21.2. The first-order valence-electron chi connectivity index (χ1n) is 9.64. The van der Waals surface area contributed by atoms with Gasteiger partial charge in [0.25, 0.3) is 5.91 Å². The fraction of sp³-hybridized carbons (Fsp3) is 0.150. The van der Waals surface area contributed by atoms with Gasteiger partial charge in [-0.1, -0.05) is 24.3 Å². The maximum absolute atomic E-state index is 11.8. The van der Waals surface area contributed by atoms with E-state index in [2.05, 4.69) is 25.3 Å². The van der Waals surface area contributed by atoms with E-state index in [0.717, 1.165) is 5.56 Å². The second kappa shape index (κ2) is 8.61. The highest BCUT2D eigenvalue weighted by Gasteiger charge is 2.20. The molecule has 0 unspecified atom stereocenters. The first-order valence-corrected chi connectivity index (χ1v) is 9.64. The number of primary amides is 1. The Morgan fingerprint density at radius 3 is 2.72 bits per heavy atom.